The van der Waals surface area contributed by atoms with Gasteiger partial charge in [-0.05, 0) is 77.9 Å². The molecule has 3 nitrogen and oxygen atoms in total. The molecule has 0 N–H and O–H groups in total. The van der Waals surface area contributed by atoms with E-state index in [1.54, 1.807) is 0 Å². The fourth-order valence-corrected chi connectivity index (χ4v) is 6.28. The molecule has 3 aromatic carbocycles. The first-order valence-electron chi connectivity index (χ1n) is 11.8. The second-order valence-electron chi connectivity index (χ2n) is 8.95. The second-order valence-corrected chi connectivity index (χ2v) is 11.1. The third kappa shape index (κ3) is 4.77. The van der Waals surface area contributed by atoms with E-state index in [4.69, 9.17) is 0 Å². The minimum atomic E-state index is -3.39. The van der Waals surface area contributed by atoms with Crippen LogP contribution < -0.4 is 0 Å². The first kappa shape index (κ1) is 22.8. The predicted molar refractivity (Wildman–Crippen MR) is 137 cm³/mol. The lowest BCUT2D eigenvalue weighted by molar-refractivity contribution is 0.258. The van der Waals surface area contributed by atoms with Crippen molar-refractivity contribution in [1.29, 1.82) is 0 Å². The van der Waals surface area contributed by atoms with Gasteiger partial charge >= 0.3 is 0 Å². The standard InChI is InChI=1S/C29H28FNO2S/c30-25-12-14-26(15-13-25)34(32,33)21-5-18-31-19-16-24(17-20-31)29-27-8-3-1-6-22(27)10-11-23-7-2-4-9-28(23)29/h1-4,6-15H,5,16-21H2. The van der Waals surface area contributed by atoms with E-state index < -0.39 is 15.7 Å². The largest absolute Gasteiger partial charge is 0.303 e. The van der Waals surface area contributed by atoms with E-state index in [2.05, 4.69) is 65.6 Å². The highest BCUT2D eigenvalue weighted by Crippen LogP contribution is 2.38. The molecule has 34 heavy (non-hydrogen) atoms. The molecule has 5 heteroatoms. The van der Waals surface area contributed by atoms with Crippen molar-refractivity contribution in [3.8, 4) is 0 Å². The van der Waals surface area contributed by atoms with Crippen molar-refractivity contribution >= 4 is 27.6 Å². The van der Waals surface area contributed by atoms with Crippen molar-refractivity contribution in [2.75, 3.05) is 25.4 Å². The SMILES string of the molecule is O=S(=O)(CCCN1CCC(=C2c3ccccc3C=Cc3ccccc32)CC1)c1ccc(F)cc1. The van der Waals surface area contributed by atoms with Gasteiger partial charge in [-0.1, -0.05) is 66.3 Å². The zero-order chi connectivity index (χ0) is 23.5. The van der Waals surface area contributed by atoms with Crippen LogP contribution in [0.4, 0.5) is 4.39 Å². The Balaban J connectivity index is 1.28. The number of likely N-dealkylation sites (tertiary alicyclic amines) is 1. The van der Waals surface area contributed by atoms with Crippen LogP contribution in [-0.2, 0) is 9.84 Å². The van der Waals surface area contributed by atoms with Crippen LogP contribution in [0, 0.1) is 5.82 Å². The molecule has 2 aliphatic rings. The summed E-state index contributed by atoms with van der Waals surface area (Å²) in [6.45, 7) is 2.60. The maximum atomic E-state index is 13.1. The molecule has 174 valence electrons. The maximum absolute atomic E-state index is 13.1. The molecule has 0 spiro atoms. The van der Waals surface area contributed by atoms with Gasteiger partial charge in [-0.2, -0.15) is 0 Å². The van der Waals surface area contributed by atoms with Gasteiger partial charge < -0.3 is 4.90 Å². The van der Waals surface area contributed by atoms with Gasteiger partial charge in [-0.25, -0.2) is 12.8 Å². The number of rotatable bonds is 5. The van der Waals surface area contributed by atoms with Crippen LogP contribution in [0.25, 0.3) is 17.7 Å². The summed E-state index contributed by atoms with van der Waals surface area (Å²) in [4.78, 5) is 2.55. The second kappa shape index (κ2) is 9.69. The number of fused-ring (bicyclic) bond motifs is 2. The van der Waals surface area contributed by atoms with E-state index in [1.807, 2.05) is 0 Å². The van der Waals surface area contributed by atoms with Gasteiger partial charge in [0.1, 0.15) is 5.82 Å². The van der Waals surface area contributed by atoms with Gasteiger partial charge in [0.2, 0.25) is 0 Å². The van der Waals surface area contributed by atoms with Crippen LogP contribution in [-0.4, -0.2) is 38.7 Å². The Morgan fingerprint density at radius 1 is 0.765 bits per heavy atom. The topological polar surface area (TPSA) is 37.4 Å². The van der Waals surface area contributed by atoms with Gasteiger partial charge in [-0.3, -0.25) is 0 Å². The summed E-state index contributed by atoms with van der Waals surface area (Å²) in [6.07, 6.45) is 6.93. The molecule has 0 amide bonds. The molecule has 1 fully saturated rings. The quantitative estimate of drug-likeness (QED) is 0.330. The molecule has 5 rings (SSSR count). The first-order chi connectivity index (χ1) is 16.5. The lowest BCUT2D eigenvalue weighted by atomic mass is 9.86. The van der Waals surface area contributed by atoms with Crippen molar-refractivity contribution in [2.24, 2.45) is 0 Å². The van der Waals surface area contributed by atoms with Crippen molar-refractivity contribution in [1.82, 2.24) is 4.90 Å². The molecule has 0 aromatic heterocycles. The van der Waals surface area contributed by atoms with E-state index in [0.717, 1.165) is 32.5 Å². The Morgan fingerprint density at radius 2 is 1.32 bits per heavy atom. The number of hydrogen-bond acceptors (Lipinski definition) is 3. The van der Waals surface area contributed by atoms with Crippen LogP contribution in [0.5, 0.6) is 0 Å². The van der Waals surface area contributed by atoms with E-state index in [0.29, 0.717) is 6.42 Å². The van der Waals surface area contributed by atoms with Crippen LogP contribution in [0.3, 0.4) is 0 Å². The Kier molecular flexibility index (Phi) is 6.48. The fourth-order valence-electron chi connectivity index (χ4n) is 4.98. The minimum Gasteiger partial charge on any atom is -0.303 e. The zero-order valence-corrected chi connectivity index (χ0v) is 19.9. The summed E-state index contributed by atoms with van der Waals surface area (Å²) in [5.74, 6) is -0.345. The van der Waals surface area contributed by atoms with Gasteiger partial charge in [0, 0.05) is 13.1 Å². The summed E-state index contributed by atoms with van der Waals surface area (Å²) in [6, 6.07) is 22.3. The highest BCUT2D eigenvalue weighted by Gasteiger charge is 2.23. The number of benzene rings is 3. The summed E-state index contributed by atoms with van der Waals surface area (Å²) in [7, 11) is -3.39. The first-order valence-corrected chi connectivity index (χ1v) is 13.5. The average Bonchev–Trinajstić information content (AvgIpc) is 3.02. The molecule has 0 unspecified atom stereocenters. The summed E-state index contributed by atoms with van der Waals surface area (Å²) >= 11 is 0. The van der Waals surface area contributed by atoms with Crippen molar-refractivity contribution in [3.05, 3.63) is 106 Å². The van der Waals surface area contributed by atoms with Gasteiger partial charge in [-0.15, -0.1) is 0 Å². The van der Waals surface area contributed by atoms with Crippen LogP contribution in [0.15, 0.2) is 83.3 Å². The minimum absolute atomic E-state index is 0.0789. The number of hydrogen-bond donors (Lipinski definition) is 0. The average molecular weight is 474 g/mol. The fraction of sp³-hybridized carbons (Fsp3) is 0.241. The van der Waals surface area contributed by atoms with E-state index in [9.17, 15) is 12.8 Å². The third-order valence-corrected chi connectivity index (χ3v) is 8.59. The van der Waals surface area contributed by atoms with Gasteiger partial charge in [0.25, 0.3) is 0 Å². The molecule has 0 radical (unpaired) electrons. The Bertz CT molecular complexity index is 1300. The lowest BCUT2D eigenvalue weighted by Crippen LogP contribution is -2.32. The van der Waals surface area contributed by atoms with Crippen LogP contribution >= 0.6 is 0 Å². The summed E-state index contributed by atoms with van der Waals surface area (Å²) < 4.78 is 38.2. The van der Waals surface area contributed by atoms with Gasteiger partial charge in [0.05, 0.1) is 10.6 Å². The number of sulfone groups is 1. The molecule has 0 atom stereocenters. The molecule has 0 saturated carbocycles. The molecular formula is C29H28FNO2S. The van der Waals surface area contributed by atoms with E-state index in [-0.39, 0.29) is 10.6 Å². The highest BCUT2D eigenvalue weighted by atomic mass is 32.2. The van der Waals surface area contributed by atoms with E-state index >= 15 is 0 Å². The Hall–Kier alpha value is -3.02. The zero-order valence-electron chi connectivity index (χ0n) is 19.1. The molecule has 3 aromatic rings. The maximum Gasteiger partial charge on any atom is 0.178 e. The predicted octanol–water partition coefficient (Wildman–Crippen LogP) is 6.07. The molecule has 0 bridgehead atoms. The number of nitrogens with zero attached hydrogens (tertiary/aromatic N) is 1. The summed E-state index contributed by atoms with van der Waals surface area (Å²) in [5, 5.41) is 0. The van der Waals surface area contributed by atoms with Crippen molar-refractivity contribution in [2.45, 2.75) is 24.2 Å². The third-order valence-electron chi connectivity index (χ3n) is 6.78. The Morgan fingerprint density at radius 3 is 1.91 bits per heavy atom. The molecule has 1 heterocycles. The molecule has 1 aliphatic heterocycles. The molecule has 1 saturated heterocycles. The van der Waals surface area contributed by atoms with Crippen molar-refractivity contribution < 1.29 is 12.8 Å². The molecule has 1 aliphatic carbocycles. The van der Waals surface area contributed by atoms with Crippen LogP contribution in [0.2, 0.25) is 0 Å². The normalized spacial score (nSPS) is 16.1. The van der Waals surface area contributed by atoms with Crippen LogP contribution in [0.1, 0.15) is 41.5 Å². The Labute approximate surface area is 201 Å². The summed E-state index contributed by atoms with van der Waals surface area (Å²) in [5.41, 5.74) is 7.90. The van der Waals surface area contributed by atoms with Gasteiger partial charge in [0.15, 0.2) is 9.84 Å². The highest BCUT2D eigenvalue weighted by molar-refractivity contribution is 7.91. The van der Waals surface area contributed by atoms with Crippen molar-refractivity contribution in [3.63, 3.8) is 0 Å². The number of piperidine rings is 1. The number of halogens is 1. The van der Waals surface area contributed by atoms with E-state index in [1.165, 1.54) is 57.7 Å². The lowest BCUT2D eigenvalue weighted by Gasteiger charge is -2.30. The molecular weight excluding hydrogens is 445 g/mol. The monoisotopic (exact) mass is 473 g/mol. The smallest absolute Gasteiger partial charge is 0.178 e.